The van der Waals surface area contributed by atoms with Gasteiger partial charge in [0.2, 0.25) is 5.91 Å². The molecule has 1 fully saturated rings. The second-order valence-electron chi connectivity index (χ2n) is 5.19. The molecule has 2 atom stereocenters. The molecule has 1 saturated heterocycles. The molecule has 0 bridgehead atoms. The van der Waals surface area contributed by atoms with Crippen LogP contribution in [0.2, 0.25) is 0 Å². The Bertz CT molecular complexity index is 471. The average molecular weight is 296 g/mol. The van der Waals surface area contributed by atoms with Crippen molar-refractivity contribution in [2.45, 2.75) is 38.8 Å². The summed E-state index contributed by atoms with van der Waals surface area (Å²) in [5, 5.41) is 2.49. The molecule has 0 unspecified atom stereocenters. The van der Waals surface area contributed by atoms with E-state index in [0.717, 1.165) is 6.21 Å². The molecule has 116 valence electrons. The molecule has 0 aromatic carbocycles. The molecule has 0 aliphatic carbocycles. The van der Waals surface area contributed by atoms with Crippen LogP contribution in [0.1, 0.15) is 26.7 Å². The average Bonchev–Trinajstić information content (AvgIpc) is 2.93. The van der Waals surface area contributed by atoms with Crippen molar-refractivity contribution >= 4 is 24.0 Å². The highest BCUT2D eigenvalue weighted by atomic mass is 16.5. The molecule has 0 aromatic rings. The maximum Gasteiger partial charge on any atom is 0.407 e. The number of nitrogens with one attached hydrogen (secondary N) is 1. The van der Waals surface area contributed by atoms with Gasteiger partial charge in [-0.2, -0.15) is 4.79 Å². The molecule has 1 heterocycles. The van der Waals surface area contributed by atoms with Gasteiger partial charge in [0.15, 0.2) is 0 Å². The van der Waals surface area contributed by atoms with Crippen LogP contribution in [-0.4, -0.2) is 59.4 Å². The molecule has 1 aliphatic rings. The van der Waals surface area contributed by atoms with Gasteiger partial charge in [0.1, 0.15) is 12.1 Å². The van der Waals surface area contributed by atoms with Crippen molar-refractivity contribution < 1.29 is 23.9 Å². The lowest BCUT2D eigenvalue weighted by atomic mass is 10.0. The normalized spacial score (nSPS) is 18.9. The summed E-state index contributed by atoms with van der Waals surface area (Å²) in [5.41, 5.74) is 8.44. The van der Waals surface area contributed by atoms with E-state index in [2.05, 4.69) is 14.8 Å². The van der Waals surface area contributed by atoms with Crippen LogP contribution < -0.4 is 5.32 Å². The van der Waals surface area contributed by atoms with E-state index in [1.807, 2.05) is 0 Å². The van der Waals surface area contributed by atoms with Gasteiger partial charge in [0.25, 0.3) is 5.78 Å². The van der Waals surface area contributed by atoms with Gasteiger partial charge in [-0.25, -0.2) is 4.79 Å². The molecule has 1 rings (SSSR count). The van der Waals surface area contributed by atoms with E-state index in [4.69, 9.17) is 5.53 Å². The maximum atomic E-state index is 12.6. The van der Waals surface area contributed by atoms with Crippen LogP contribution in [0.3, 0.4) is 0 Å². The quantitative estimate of drug-likeness (QED) is 0.444. The lowest BCUT2D eigenvalue weighted by Crippen LogP contribution is -2.53. The van der Waals surface area contributed by atoms with Crippen LogP contribution in [0.25, 0.3) is 5.53 Å². The highest BCUT2D eigenvalue weighted by Gasteiger charge is 2.39. The van der Waals surface area contributed by atoms with Crippen molar-refractivity contribution in [3.63, 3.8) is 0 Å². The topological polar surface area (TPSA) is 112 Å². The number of carbonyl (C=O) groups excluding carboxylic acids is 3. The number of hydrogen-bond acceptors (Lipinski definition) is 4. The lowest BCUT2D eigenvalue weighted by molar-refractivity contribution is -0.138. The fourth-order valence-electron chi connectivity index (χ4n) is 2.35. The van der Waals surface area contributed by atoms with E-state index in [1.165, 1.54) is 12.0 Å². The summed E-state index contributed by atoms with van der Waals surface area (Å²) >= 11 is 0. The van der Waals surface area contributed by atoms with Crippen LogP contribution in [0.15, 0.2) is 0 Å². The predicted molar refractivity (Wildman–Crippen MR) is 73.6 cm³/mol. The van der Waals surface area contributed by atoms with Gasteiger partial charge in [0.05, 0.1) is 7.11 Å². The van der Waals surface area contributed by atoms with Crippen LogP contribution in [0.5, 0.6) is 0 Å². The van der Waals surface area contributed by atoms with Crippen molar-refractivity contribution in [2.75, 3.05) is 13.7 Å². The number of methoxy groups -OCH3 is 1. The third-order valence-electron chi connectivity index (χ3n) is 3.44. The summed E-state index contributed by atoms with van der Waals surface area (Å²) in [4.78, 5) is 39.8. The second-order valence-corrected chi connectivity index (χ2v) is 5.19. The van der Waals surface area contributed by atoms with Crippen molar-refractivity contribution in [1.29, 1.82) is 0 Å². The Hall–Kier alpha value is -2.21. The highest BCUT2D eigenvalue weighted by molar-refractivity contribution is 6.28. The summed E-state index contributed by atoms with van der Waals surface area (Å²) in [6.07, 6.45) is 1.31. The van der Waals surface area contributed by atoms with Gasteiger partial charge in [-0.05, 0) is 18.8 Å². The third kappa shape index (κ3) is 4.13. The largest absolute Gasteiger partial charge is 0.453 e. The van der Waals surface area contributed by atoms with Crippen LogP contribution >= 0.6 is 0 Å². The summed E-state index contributed by atoms with van der Waals surface area (Å²) in [7, 11) is 1.22. The summed E-state index contributed by atoms with van der Waals surface area (Å²) < 4.78 is 4.51. The number of rotatable bonds is 5. The minimum Gasteiger partial charge on any atom is -0.453 e. The molecule has 1 N–H and O–H groups in total. The molecule has 8 heteroatoms. The SMILES string of the molecule is COC(=O)N[C@H](C(=O)N1CCC[C@H]1C(=O)C=[N+]=[N-])C(C)C. The van der Waals surface area contributed by atoms with Gasteiger partial charge >= 0.3 is 12.3 Å². The molecular weight excluding hydrogens is 276 g/mol. The third-order valence-corrected chi connectivity index (χ3v) is 3.44. The minimum absolute atomic E-state index is 0.153. The molecule has 8 nitrogen and oxygen atoms in total. The fraction of sp³-hybridized carbons (Fsp3) is 0.692. The van der Waals surface area contributed by atoms with Crippen molar-refractivity contribution in [2.24, 2.45) is 5.92 Å². The second kappa shape index (κ2) is 7.54. The lowest BCUT2D eigenvalue weighted by Gasteiger charge is -2.29. The molecule has 1 aliphatic heterocycles. The zero-order valence-corrected chi connectivity index (χ0v) is 12.4. The number of likely N-dealkylation sites (tertiary alicyclic amines) is 1. The first-order valence-electron chi connectivity index (χ1n) is 6.78. The standard InChI is InChI=1S/C13H20N4O4/c1-8(2)11(16-13(20)21-3)12(19)17-6-4-5-9(17)10(18)7-15-14/h7-9,11H,4-6H2,1-3H3,(H,16,20)/t9-,11-/m0/s1. The number of ether oxygens (including phenoxy) is 1. The van der Waals surface area contributed by atoms with E-state index < -0.39 is 24.0 Å². The molecular formula is C13H20N4O4. The highest BCUT2D eigenvalue weighted by Crippen LogP contribution is 2.20. The smallest absolute Gasteiger partial charge is 0.407 e. The van der Waals surface area contributed by atoms with Crippen LogP contribution in [-0.2, 0) is 14.3 Å². The molecule has 2 amide bonds. The number of nitrogens with zero attached hydrogens (tertiary/aromatic N) is 3. The van der Waals surface area contributed by atoms with Crippen molar-refractivity contribution in [3.05, 3.63) is 5.53 Å². The Morgan fingerprint density at radius 3 is 2.62 bits per heavy atom. The van der Waals surface area contributed by atoms with E-state index >= 15 is 0 Å². The Morgan fingerprint density at radius 1 is 1.43 bits per heavy atom. The predicted octanol–water partition coefficient (Wildman–Crippen LogP) is 0.228. The summed E-state index contributed by atoms with van der Waals surface area (Å²) in [6.45, 7) is 4.02. The number of alkyl carbamates (subject to hydrolysis) is 1. The zero-order valence-electron chi connectivity index (χ0n) is 12.4. The summed E-state index contributed by atoms with van der Waals surface area (Å²) in [6, 6.07) is -1.41. The Morgan fingerprint density at radius 2 is 2.10 bits per heavy atom. The van der Waals surface area contributed by atoms with E-state index in [1.54, 1.807) is 13.8 Å². The fourth-order valence-corrected chi connectivity index (χ4v) is 2.35. The molecule has 0 spiro atoms. The Labute approximate surface area is 123 Å². The Balaban J connectivity index is 2.89. The number of carbonyl (C=O) groups is 3. The maximum absolute atomic E-state index is 12.6. The van der Waals surface area contributed by atoms with Crippen LogP contribution in [0.4, 0.5) is 4.79 Å². The van der Waals surface area contributed by atoms with Crippen LogP contribution in [0, 0.1) is 5.92 Å². The number of amides is 2. The van der Waals surface area contributed by atoms with Gasteiger partial charge in [-0.15, -0.1) is 0 Å². The molecule has 0 aromatic heterocycles. The van der Waals surface area contributed by atoms with E-state index in [9.17, 15) is 14.4 Å². The number of ketones is 1. The molecule has 0 saturated carbocycles. The van der Waals surface area contributed by atoms with Crippen molar-refractivity contribution in [1.82, 2.24) is 10.2 Å². The molecule has 21 heavy (non-hydrogen) atoms. The van der Waals surface area contributed by atoms with Gasteiger partial charge in [-0.1, -0.05) is 13.8 Å². The van der Waals surface area contributed by atoms with E-state index in [-0.39, 0.29) is 11.8 Å². The monoisotopic (exact) mass is 296 g/mol. The zero-order chi connectivity index (χ0) is 16.0. The Kier molecular flexibility index (Phi) is 6.05. The van der Waals surface area contributed by atoms with E-state index in [0.29, 0.717) is 19.4 Å². The molecule has 0 radical (unpaired) electrons. The van der Waals surface area contributed by atoms with Gasteiger partial charge in [-0.3, -0.25) is 9.59 Å². The summed E-state index contributed by atoms with van der Waals surface area (Å²) in [5.74, 6) is -0.916. The first-order chi connectivity index (χ1) is 9.92. The number of hydrogen-bond donors (Lipinski definition) is 1. The van der Waals surface area contributed by atoms with Gasteiger partial charge in [0, 0.05) is 6.54 Å². The minimum atomic E-state index is -0.767. The first kappa shape index (κ1) is 16.8. The van der Waals surface area contributed by atoms with Gasteiger partial charge < -0.3 is 20.5 Å². The van der Waals surface area contributed by atoms with Crippen molar-refractivity contribution in [3.8, 4) is 0 Å². The number of Topliss-reactive ketones (excluding diaryl/α,β-unsaturated/α-hetero) is 1. The first-order valence-corrected chi connectivity index (χ1v) is 6.78.